The number of benzene rings is 1. The summed E-state index contributed by atoms with van der Waals surface area (Å²) in [4.78, 5) is 5.24. The normalized spacial score (nSPS) is 28.8. The van der Waals surface area contributed by atoms with Crippen LogP contribution >= 0.6 is 23.7 Å². The van der Waals surface area contributed by atoms with E-state index in [0.717, 1.165) is 12.1 Å². The molecular weight excluding hydrogens is 260 g/mol. The maximum Gasteiger partial charge on any atom is 0.0337 e. The summed E-state index contributed by atoms with van der Waals surface area (Å²) in [5.41, 5.74) is 0. The van der Waals surface area contributed by atoms with Gasteiger partial charge in [0.15, 0.2) is 0 Å². The Kier molecular flexibility index (Phi) is 3.89. The number of fused-ring (bicyclic) bond motifs is 2. The van der Waals surface area contributed by atoms with Crippen molar-refractivity contribution in [3.63, 3.8) is 0 Å². The molecule has 2 saturated heterocycles. The van der Waals surface area contributed by atoms with Crippen LogP contribution in [-0.2, 0) is 0 Å². The summed E-state index contributed by atoms with van der Waals surface area (Å²) in [6.45, 7) is 2.46. The maximum atomic E-state index is 2.65. The molecule has 98 valence electrons. The van der Waals surface area contributed by atoms with Gasteiger partial charge in [-0.15, -0.1) is 11.8 Å². The standard InChI is InChI=1S/C14H20N2S2/c1-15-9-11-6-7-12(10-15)16(11)18-14-5-3-4-13(8-14)17-2/h3-5,8,11-12H,6-7,9-10H2,1-2H3. The van der Waals surface area contributed by atoms with Crippen molar-refractivity contribution in [3.05, 3.63) is 24.3 Å². The van der Waals surface area contributed by atoms with E-state index in [-0.39, 0.29) is 0 Å². The molecule has 4 heteroatoms. The molecule has 2 aliphatic rings. The van der Waals surface area contributed by atoms with E-state index in [1.807, 2.05) is 23.7 Å². The van der Waals surface area contributed by atoms with Crippen LogP contribution < -0.4 is 0 Å². The van der Waals surface area contributed by atoms with Gasteiger partial charge in [0.1, 0.15) is 0 Å². The molecule has 1 aromatic carbocycles. The highest BCUT2D eigenvalue weighted by Crippen LogP contribution is 2.39. The Bertz CT molecular complexity index is 410. The van der Waals surface area contributed by atoms with E-state index >= 15 is 0 Å². The third-order valence-corrected chi connectivity index (χ3v) is 5.85. The molecule has 18 heavy (non-hydrogen) atoms. The first kappa shape index (κ1) is 12.9. The summed E-state index contributed by atoms with van der Waals surface area (Å²) in [6.07, 6.45) is 4.87. The first-order chi connectivity index (χ1) is 8.76. The molecule has 0 spiro atoms. The number of hydrogen-bond donors (Lipinski definition) is 0. The van der Waals surface area contributed by atoms with Gasteiger partial charge in [0.05, 0.1) is 0 Å². The lowest BCUT2D eigenvalue weighted by molar-refractivity contribution is 0.164. The zero-order chi connectivity index (χ0) is 12.5. The van der Waals surface area contributed by atoms with E-state index < -0.39 is 0 Å². The van der Waals surface area contributed by atoms with Crippen molar-refractivity contribution in [2.75, 3.05) is 26.4 Å². The molecule has 2 unspecified atom stereocenters. The fraction of sp³-hybridized carbons (Fsp3) is 0.571. The lowest BCUT2D eigenvalue weighted by Crippen LogP contribution is -2.48. The average Bonchev–Trinajstić information content (AvgIpc) is 2.62. The quantitative estimate of drug-likeness (QED) is 0.619. The predicted octanol–water partition coefficient (Wildman–Crippen LogP) is 3.19. The highest BCUT2D eigenvalue weighted by Gasteiger charge is 2.39. The largest absolute Gasteiger partial charge is 0.303 e. The minimum atomic E-state index is 0.747. The molecule has 0 aliphatic carbocycles. The summed E-state index contributed by atoms with van der Waals surface area (Å²) < 4.78 is 2.65. The SMILES string of the molecule is CSc1cccc(SN2C3CCC2CN(C)C3)c1. The van der Waals surface area contributed by atoms with Gasteiger partial charge in [-0.2, -0.15) is 0 Å². The fourth-order valence-electron chi connectivity index (χ4n) is 3.00. The summed E-state index contributed by atoms with van der Waals surface area (Å²) in [7, 11) is 2.25. The third-order valence-electron chi connectivity index (χ3n) is 3.85. The molecule has 2 aliphatic heterocycles. The lowest BCUT2D eigenvalue weighted by Gasteiger charge is -2.38. The monoisotopic (exact) mass is 280 g/mol. The number of piperazine rings is 1. The lowest BCUT2D eigenvalue weighted by atomic mass is 10.2. The molecule has 0 amide bonds. The minimum absolute atomic E-state index is 0.747. The number of rotatable bonds is 3. The first-order valence-electron chi connectivity index (χ1n) is 6.55. The molecular formula is C14H20N2S2. The second-order valence-electron chi connectivity index (χ2n) is 5.24. The van der Waals surface area contributed by atoms with Crippen molar-refractivity contribution < 1.29 is 0 Å². The highest BCUT2D eigenvalue weighted by molar-refractivity contribution is 7.99. The van der Waals surface area contributed by atoms with E-state index in [2.05, 4.69) is 46.8 Å². The second-order valence-corrected chi connectivity index (χ2v) is 7.19. The first-order valence-corrected chi connectivity index (χ1v) is 8.55. The van der Waals surface area contributed by atoms with Crippen molar-refractivity contribution in [1.82, 2.24) is 9.21 Å². The van der Waals surface area contributed by atoms with Gasteiger partial charge in [0.2, 0.25) is 0 Å². The predicted molar refractivity (Wildman–Crippen MR) is 80.2 cm³/mol. The molecule has 2 heterocycles. The van der Waals surface area contributed by atoms with Crippen LogP contribution in [-0.4, -0.2) is 47.7 Å². The van der Waals surface area contributed by atoms with Crippen LogP contribution in [0.25, 0.3) is 0 Å². The number of thioether (sulfide) groups is 1. The Morgan fingerprint density at radius 1 is 1.11 bits per heavy atom. The smallest absolute Gasteiger partial charge is 0.0337 e. The molecule has 2 nitrogen and oxygen atoms in total. The molecule has 0 N–H and O–H groups in total. The highest BCUT2D eigenvalue weighted by atomic mass is 32.2. The number of nitrogens with zero attached hydrogens (tertiary/aromatic N) is 2. The molecule has 1 aromatic rings. The van der Waals surface area contributed by atoms with Crippen LogP contribution in [0.1, 0.15) is 12.8 Å². The topological polar surface area (TPSA) is 6.48 Å². The molecule has 3 rings (SSSR count). The third kappa shape index (κ3) is 2.57. The van der Waals surface area contributed by atoms with Gasteiger partial charge in [-0.05, 0) is 56.3 Å². The summed E-state index contributed by atoms with van der Waals surface area (Å²) in [5.74, 6) is 0. The number of hydrogen-bond acceptors (Lipinski definition) is 4. The Morgan fingerprint density at radius 3 is 2.44 bits per heavy atom. The summed E-state index contributed by atoms with van der Waals surface area (Å²) in [5, 5.41) is 0. The van der Waals surface area contributed by atoms with E-state index in [0.29, 0.717) is 0 Å². The molecule has 0 radical (unpaired) electrons. The van der Waals surface area contributed by atoms with Crippen LogP contribution in [0.3, 0.4) is 0 Å². The zero-order valence-electron chi connectivity index (χ0n) is 11.0. The van der Waals surface area contributed by atoms with E-state index in [4.69, 9.17) is 0 Å². The Morgan fingerprint density at radius 2 is 1.78 bits per heavy atom. The zero-order valence-corrected chi connectivity index (χ0v) is 12.6. The Labute approximate surface area is 118 Å². The molecule has 2 bridgehead atoms. The summed E-state index contributed by atoms with van der Waals surface area (Å²) in [6, 6.07) is 10.4. The van der Waals surface area contributed by atoms with Crippen LogP contribution in [0.15, 0.2) is 34.1 Å². The van der Waals surface area contributed by atoms with Gasteiger partial charge < -0.3 is 4.90 Å². The van der Waals surface area contributed by atoms with Crippen LogP contribution in [0.4, 0.5) is 0 Å². The second kappa shape index (κ2) is 5.45. The van der Waals surface area contributed by atoms with Crippen molar-refractivity contribution in [2.24, 2.45) is 0 Å². The molecule has 2 fully saturated rings. The van der Waals surface area contributed by atoms with Gasteiger partial charge in [0.25, 0.3) is 0 Å². The average molecular weight is 280 g/mol. The van der Waals surface area contributed by atoms with Crippen LogP contribution in [0, 0.1) is 0 Å². The maximum absolute atomic E-state index is 2.65. The van der Waals surface area contributed by atoms with Gasteiger partial charge in [0, 0.05) is 35.0 Å². The molecule has 0 saturated carbocycles. The summed E-state index contributed by atoms with van der Waals surface area (Å²) >= 11 is 3.79. The molecule has 2 atom stereocenters. The van der Waals surface area contributed by atoms with E-state index in [9.17, 15) is 0 Å². The van der Waals surface area contributed by atoms with E-state index in [1.165, 1.54) is 35.7 Å². The Hall–Kier alpha value is -0.160. The van der Waals surface area contributed by atoms with Gasteiger partial charge >= 0.3 is 0 Å². The van der Waals surface area contributed by atoms with Crippen molar-refractivity contribution in [2.45, 2.75) is 34.7 Å². The van der Waals surface area contributed by atoms with Gasteiger partial charge in [-0.25, -0.2) is 4.31 Å². The van der Waals surface area contributed by atoms with Crippen molar-refractivity contribution in [1.29, 1.82) is 0 Å². The van der Waals surface area contributed by atoms with Crippen molar-refractivity contribution >= 4 is 23.7 Å². The van der Waals surface area contributed by atoms with E-state index in [1.54, 1.807) is 0 Å². The van der Waals surface area contributed by atoms with Gasteiger partial charge in [-0.3, -0.25) is 0 Å². The number of likely N-dealkylation sites (tertiary alicyclic amines) is 1. The fourth-order valence-corrected chi connectivity index (χ4v) is 4.74. The number of likely N-dealkylation sites (N-methyl/N-ethyl adjacent to an activating group) is 1. The minimum Gasteiger partial charge on any atom is -0.303 e. The van der Waals surface area contributed by atoms with Crippen molar-refractivity contribution in [3.8, 4) is 0 Å². The van der Waals surface area contributed by atoms with Crippen LogP contribution in [0.5, 0.6) is 0 Å². The molecule has 0 aromatic heterocycles. The van der Waals surface area contributed by atoms with Crippen LogP contribution in [0.2, 0.25) is 0 Å². The Balaban J connectivity index is 1.73. The van der Waals surface area contributed by atoms with Gasteiger partial charge in [-0.1, -0.05) is 6.07 Å².